The predicted molar refractivity (Wildman–Crippen MR) is 94.6 cm³/mol. The zero-order chi connectivity index (χ0) is 17.7. The van der Waals surface area contributed by atoms with Crippen molar-refractivity contribution in [1.82, 2.24) is 14.9 Å². The van der Waals surface area contributed by atoms with Crippen LogP contribution in [0.2, 0.25) is 0 Å². The maximum Gasteiger partial charge on any atom is 0.272 e. The second kappa shape index (κ2) is 8.10. The highest BCUT2D eigenvalue weighted by molar-refractivity contribution is 5.93. The summed E-state index contributed by atoms with van der Waals surface area (Å²) in [6, 6.07) is 1.82. The summed E-state index contributed by atoms with van der Waals surface area (Å²) in [5.41, 5.74) is 0.464. The van der Waals surface area contributed by atoms with Gasteiger partial charge >= 0.3 is 0 Å². The molecule has 1 amide bonds. The molecule has 138 valence electrons. The van der Waals surface area contributed by atoms with Gasteiger partial charge in [0, 0.05) is 45.1 Å². The van der Waals surface area contributed by atoms with E-state index in [1.54, 1.807) is 0 Å². The fourth-order valence-corrected chi connectivity index (χ4v) is 3.52. The minimum absolute atomic E-state index is 0.0376. The molecule has 0 atom stereocenters. The molecule has 0 saturated carbocycles. The van der Waals surface area contributed by atoms with E-state index in [0.29, 0.717) is 44.8 Å². The van der Waals surface area contributed by atoms with E-state index in [9.17, 15) is 4.79 Å². The van der Waals surface area contributed by atoms with Gasteiger partial charge in [-0.1, -0.05) is 13.8 Å². The van der Waals surface area contributed by atoms with Crippen LogP contribution in [-0.2, 0) is 9.47 Å². The van der Waals surface area contributed by atoms with Crippen LogP contribution in [0.15, 0.2) is 12.4 Å². The molecule has 3 heterocycles. The van der Waals surface area contributed by atoms with Gasteiger partial charge in [-0.2, -0.15) is 0 Å². The molecular weight excluding hydrogens is 320 g/mol. The molecule has 0 aliphatic carbocycles. The van der Waals surface area contributed by atoms with E-state index in [1.165, 1.54) is 6.33 Å². The van der Waals surface area contributed by atoms with E-state index in [4.69, 9.17) is 9.47 Å². The lowest BCUT2D eigenvalue weighted by Crippen LogP contribution is -2.47. The minimum atomic E-state index is -0.466. The number of likely N-dealkylation sites (tertiary alicyclic amines) is 1. The minimum Gasteiger partial charge on any atom is -0.357 e. The van der Waals surface area contributed by atoms with Crippen molar-refractivity contribution in [2.45, 2.75) is 45.3 Å². The molecular formula is C18H28N4O3. The van der Waals surface area contributed by atoms with Gasteiger partial charge in [0.25, 0.3) is 5.91 Å². The molecule has 2 saturated heterocycles. The third-order valence-electron chi connectivity index (χ3n) is 4.81. The van der Waals surface area contributed by atoms with Crippen molar-refractivity contribution >= 4 is 11.7 Å². The Balaban J connectivity index is 1.67. The molecule has 1 spiro atoms. The van der Waals surface area contributed by atoms with Crippen molar-refractivity contribution in [3.05, 3.63) is 18.1 Å². The van der Waals surface area contributed by atoms with Gasteiger partial charge in [0.05, 0.1) is 13.2 Å². The number of hydrogen-bond donors (Lipinski definition) is 0. The van der Waals surface area contributed by atoms with Crippen molar-refractivity contribution in [2.75, 3.05) is 44.3 Å². The third-order valence-corrected chi connectivity index (χ3v) is 4.81. The predicted octanol–water partition coefficient (Wildman–Crippen LogP) is 2.08. The highest BCUT2D eigenvalue weighted by Gasteiger charge is 2.41. The van der Waals surface area contributed by atoms with E-state index >= 15 is 0 Å². The van der Waals surface area contributed by atoms with Crippen molar-refractivity contribution in [3.63, 3.8) is 0 Å². The molecule has 7 nitrogen and oxygen atoms in total. The van der Waals surface area contributed by atoms with Crippen LogP contribution in [-0.4, -0.2) is 66.0 Å². The number of anilines is 1. The fraction of sp³-hybridized carbons (Fsp3) is 0.722. The van der Waals surface area contributed by atoms with Crippen molar-refractivity contribution < 1.29 is 14.3 Å². The van der Waals surface area contributed by atoms with Crippen LogP contribution in [0.3, 0.4) is 0 Å². The smallest absolute Gasteiger partial charge is 0.272 e. The number of amides is 1. The molecule has 1 aromatic rings. The van der Waals surface area contributed by atoms with Crippen LogP contribution in [0.5, 0.6) is 0 Å². The molecule has 2 aliphatic rings. The van der Waals surface area contributed by atoms with Crippen molar-refractivity contribution in [2.24, 2.45) is 0 Å². The molecule has 0 radical (unpaired) electrons. The monoisotopic (exact) mass is 348 g/mol. The molecule has 0 aromatic carbocycles. The Kier molecular flexibility index (Phi) is 5.86. The second-order valence-electron chi connectivity index (χ2n) is 6.65. The first kappa shape index (κ1) is 18.1. The van der Waals surface area contributed by atoms with E-state index in [-0.39, 0.29) is 5.91 Å². The number of piperidine rings is 1. The fourth-order valence-electron chi connectivity index (χ4n) is 3.52. The summed E-state index contributed by atoms with van der Waals surface area (Å²) < 4.78 is 11.5. The van der Waals surface area contributed by atoms with Crippen molar-refractivity contribution in [1.29, 1.82) is 0 Å². The maximum absolute atomic E-state index is 12.8. The van der Waals surface area contributed by atoms with Gasteiger partial charge in [-0.3, -0.25) is 4.79 Å². The topological polar surface area (TPSA) is 67.8 Å². The number of aromatic nitrogens is 2. The molecule has 2 fully saturated rings. The van der Waals surface area contributed by atoms with Crippen LogP contribution in [0.4, 0.5) is 5.82 Å². The molecule has 25 heavy (non-hydrogen) atoms. The number of hydrogen-bond acceptors (Lipinski definition) is 6. The van der Waals surface area contributed by atoms with Crippen LogP contribution >= 0.6 is 0 Å². The Morgan fingerprint density at radius 2 is 1.80 bits per heavy atom. The first-order valence-electron chi connectivity index (χ1n) is 9.31. The molecule has 3 rings (SSSR count). The highest BCUT2D eigenvalue weighted by atomic mass is 16.7. The molecule has 2 aliphatic heterocycles. The lowest BCUT2D eigenvalue weighted by atomic mass is 10.0. The summed E-state index contributed by atoms with van der Waals surface area (Å²) in [6.07, 6.45) is 5.02. The van der Waals surface area contributed by atoms with E-state index in [2.05, 4.69) is 28.7 Å². The molecule has 0 bridgehead atoms. The summed E-state index contributed by atoms with van der Waals surface area (Å²) in [6.45, 7) is 8.71. The van der Waals surface area contributed by atoms with Gasteiger partial charge in [0.15, 0.2) is 5.79 Å². The lowest BCUT2D eigenvalue weighted by molar-refractivity contribution is -0.181. The van der Waals surface area contributed by atoms with Gasteiger partial charge in [-0.25, -0.2) is 9.97 Å². The average molecular weight is 348 g/mol. The number of ether oxygens (including phenoxy) is 2. The number of carbonyl (C=O) groups excluding carboxylic acids is 1. The number of rotatable bonds is 6. The zero-order valence-corrected chi connectivity index (χ0v) is 15.2. The largest absolute Gasteiger partial charge is 0.357 e. The molecule has 0 unspecified atom stereocenters. The Labute approximate surface area is 149 Å². The van der Waals surface area contributed by atoms with Gasteiger partial charge in [-0.05, 0) is 12.8 Å². The van der Waals surface area contributed by atoms with Crippen molar-refractivity contribution in [3.8, 4) is 0 Å². The molecule has 0 N–H and O–H groups in total. The standard InChI is InChI=1S/C18H28N4O3/c1-3-7-21(8-4-2)16-13-15(19-14-20-16)17(23)22-9-5-18(6-10-22)24-11-12-25-18/h13-14H,3-12H2,1-2H3. The SMILES string of the molecule is CCCN(CCC)c1cc(C(=O)N2CCC3(CC2)OCCO3)ncn1. The maximum atomic E-state index is 12.8. The summed E-state index contributed by atoms with van der Waals surface area (Å²) in [5, 5.41) is 0. The van der Waals surface area contributed by atoms with Gasteiger partial charge in [-0.15, -0.1) is 0 Å². The Morgan fingerprint density at radius 1 is 1.16 bits per heavy atom. The van der Waals surface area contributed by atoms with Crippen LogP contribution < -0.4 is 4.90 Å². The van der Waals surface area contributed by atoms with Gasteiger partial charge in [0.1, 0.15) is 17.8 Å². The van der Waals surface area contributed by atoms with E-state index in [1.807, 2.05) is 11.0 Å². The lowest BCUT2D eigenvalue weighted by Gasteiger charge is -2.37. The van der Waals surface area contributed by atoms with Gasteiger partial charge < -0.3 is 19.3 Å². The Bertz CT molecular complexity index is 573. The van der Waals surface area contributed by atoms with Crippen LogP contribution in [0, 0.1) is 0 Å². The average Bonchev–Trinajstić information content (AvgIpc) is 3.10. The van der Waals surface area contributed by atoms with Crippen LogP contribution in [0.1, 0.15) is 50.0 Å². The van der Waals surface area contributed by atoms with Gasteiger partial charge in [0.2, 0.25) is 0 Å². The number of carbonyl (C=O) groups is 1. The quantitative estimate of drug-likeness (QED) is 0.784. The first-order valence-corrected chi connectivity index (χ1v) is 9.31. The summed E-state index contributed by atoms with van der Waals surface area (Å²) >= 11 is 0. The van der Waals surface area contributed by atoms with E-state index in [0.717, 1.165) is 31.7 Å². The molecule has 7 heteroatoms. The van der Waals surface area contributed by atoms with Crippen LogP contribution in [0.25, 0.3) is 0 Å². The first-order chi connectivity index (χ1) is 12.2. The number of nitrogens with zero attached hydrogens (tertiary/aromatic N) is 4. The second-order valence-corrected chi connectivity index (χ2v) is 6.65. The normalized spacial score (nSPS) is 19.4. The molecule has 1 aromatic heterocycles. The summed E-state index contributed by atoms with van der Waals surface area (Å²) in [5.74, 6) is 0.328. The third kappa shape index (κ3) is 4.10. The highest BCUT2D eigenvalue weighted by Crippen LogP contribution is 2.31. The zero-order valence-electron chi connectivity index (χ0n) is 15.2. The van der Waals surface area contributed by atoms with E-state index < -0.39 is 5.79 Å². The Hall–Kier alpha value is -1.73. The summed E-state index contributed by atoms with van der Waals surface area (Å²) in [4.78, 5) is 25.5. The summed E-state index contributed by atoms with van der Waals surface area (Å²) in [7, 11) is 0. The Morgan fingerprint density at radius 3 is 2.40 bits per heavy atom.